The molecule has 1 aliphatic carbocycles. The number of nitrogens with zero attached hydrogens (tertiary/aromatic N) is 2. The molecular weight excluding hydrogens is 480 g/mol. The van der Waals surface area contributed by atoms with E-state index in [2.05, 4.69) is 19.9 Å². The van der Waals surface area contributed by atoms with Crippen molar-refractivity contribution in [3.63, 3.8) is 0 Å². The number of ketones is 1. The van der Waals surface area contributed by atoms with E-state index in [4.69, 9.17) is 0 Å². The average Bonchev–Trinajstić information content (AvgIpc) is 3.31. The molecule has 0 fully saturated rings. The van der Waals surface area contributed by atoms with Gasteiger partial charge in [-0.05, 0) is 55.7 Å². The van der Waals surface area contributed by atoms with E-state index >= 15 is 0 Å². The van der Waals surface area contributed by atoms with E-state index in [1.807, 2.05) is 0 Å². The summed E-state index contributed by atoms with van der Waals surface area (Å²) in [5, 5.41) is 6.53. The van der Waals surface area contributed by atoms with Crippen molar-refractivity contribution in [2.45, 2.75) is 44.7 Å². The Labute approximate surface area is 194 Å². The lowest BCUT2D eigenvalue weighted by atomic mass is 9.94. The van der Waals surface area contributed by atoms with Crippen molar-refractivity contribution in [3.05, 3.63) is 64.7 Å². The number of benzene rings is 2. The molecule has 0 radical (unpaired) electrons. The van der Waals surface area contributed by atoms with Gasteiger partial charge in [0.15, 0.2) is 23.0 Å². The number of carbonyl (C=O) groups excluding carboxylic acids is 1. The second kappa shape index (κ2) is 7.92. The Morgan fingerprint density at radius 1 is 1.09 bits per heavy atom. The monoisotopic (exact) mass is 497 g/mol. The SMILES string of the molecule is CC(Nc1cc(-n2nc(C(F)(F)F)c3c2C(=O)CCC3)ccc1F)c1ccc2c(c1)OC(F)(F)O2. The fraction of sp³-hybridized carbons (Fsp3) is 0.304. The molecule has 2 aromatic carbocycles. The van der Waals surface area contributed by atoms with Crippen LogP contribution >= 0.6 is 0 Å². The number of alkyl halides is 5. The second-order valence-corrected chi connectivity index (χ2v) is 8.27. The molecule has 0 spiro atoms. The van der Waals surface area contributed by atoms with E-state index in [9.17, 15) is 31.1 Å². The molecule has 12 heteroatoms. The summed E-state index contributed by atoms with van der Waals surface area (Å²) in [6.45, 7) is 1.63. The van der Waals surface area contributed by atoms with E-state index in [-0.39, 0.29) is 53.4 Å². The molecule has 35 heavy (non-hydrogen) atoms. The Morgan fingerprint density at radius 2 is 1.83 bits per heavy atom. The van der Waals surface area contributed by atoms with Crippen LogP contribution in [-0.2, 0) is 12.6 Å². The van der Waals surface area contributed by atoms with Crippen molar-refractivity contribution in [2.24, 2.45) is 0 Å². The summed E-state index contributed by atoms with van der Waals surface area (Å²) >= 11 is 0. The molecule has 1 aromatic heterocycles. The van der Waals surface area contributed by atoms with Gasteiger partial charge in [-0.15, -0.1) is 8.78 Å². The van der Waals surface area contributed by atoms with Crippen LogP contribution in [0.5, 0.6) is 11.5 Å². The molecule has 184 valence electrons. The number of rotatable bonds is 4. The van der Waals surface area contributed by atoms with Crippen LogP contribution in [0, 0.1) is 5.82 Å². The first kappa shape index (κ1) is 23.1. The molecule has 6 nitrogen and oxygen atoms in total. The van der Waals surface area contributed by atoms with Gasteiger partial charge in [-0.1, -0.05) is 6.07 Å². The first-order valence-electron chi connectivity index (χ1n) is 10.6. The molecule has 1 atom stereocenters. The van der Waals surface area contributed by atoms with Crippen LogP contribution in [0.4, 0.5) is 32.0 Å². The van der Waals surface area contributed by atoms with E-state index in [1.54, 1.807) is 6.92 Å². The summed E-state index contributed by atoms with van der Waals surface area (Å²) in [4.78, 5) is 12.5. The van der Waals surface area contributed by atoms with Crippen molar-refractivity contribution in [1.82, 2.24) is 9.78 Å². The minimum absolute atomic E-state index is 0.0579. The number of nitrogens with one attached hydrogen (secondary N) is 1. The average molecular weight is 497 g/mol. The number of halogens is 6. The number of carbonyl (C=O) groups is 1. The first-order chi connectivity index (χ1) is 16.4. The van der Waals surface area contributed by atoms with Gasteiger partial charge < -0.3 is 14.8 Å². The number of Topliss-reactive ketones (excluding diaryl/α,β-unsaturated/α-hetero) is 1. The maximum absolute atomic E-state index is 14.6. The number of ether oxygens (including phenoxy) is 2. The molecule has 0 saturated heterocycles. The minimum atomic E-state index is -4.75. The molecule has 0 saturated carbocycles. The summed E-state index contributed by atoms with van der Waals surface area (Å²) in [5.41, 5.74) is -1.03. The van der Waals surface area contributed by atoms with Crippen LogP contribution in [0.2, 0.25) is 0 Å². The molecule has 3 aromatic rings. The largest absolute Gasteiger partial charge is 0.586 e. The lowest BCUT2D eigenvalue weighted by molar-refractivity contribution is -0.286. The molecular formula is C23H17F6N3O3. The molecule has 2 aliphatic rings. The standard InChI is InChI=1S/C23H17F6N3O3/c1-11(12-5-8-18-19(9-12)35-23(28,29)34-18)30-16-10-13(6-7-15(16)24)32-20-14(3-2-4-17(20)33)21(31-32)22(25,26)27/h5-11,30H,2-4H2,1H3. The normalized spacial score (nSPS) is 17.3. The van der Waals surface area contributed by atoms with Crippen LogP contribution in [0.25, 0.3) is 5.69 Å². The van der Waals surface area contributed by atoms with Crippen molar-refractivity contribution in [1.29, 1.82) is 0 Å². The topological polar surface area (TPSA) is 65.4 Å². The van der Waals surface area contributed by atoms with Crippen LogP contribution in [-0.4, -0.2) is 21.9 Å². The Kier molecular flexibility index (Phi) is 5.22. The molecule has 0 bridgehead atoms. The van der Waals surface area contributed by atoms with Crippen molar-refractivity contribution < 1.29 is 40.6 Å². The quantitative estimate of drug-likeness (QED) is 0.445. The fourth-order valence-electron chi connectivity index (χ4n) is 4.24. The number of anilines is 1. The molecule has 2 heterocycles. The number of fused-ring (bicyclic) bond motifs is 2. The van der Waals surface area contributed by atoms with Gasteiger partial charge >= 0.3 is 12.5 Å². The van der Waals surface area contributed by atoms with E-state index in [0.29, 0.717) is 5.56 Å². The van der Waals surface area contributed by atoms with Gasteiger partial charge in [-0.3, -0.25) is 4.79 Å². The Balaban J connectivity index is 1.48. The van der Waals surface area contributed by atoms with Crippen molar-refractivity contribution in [2.75, 3.05) is 5.32 Å². The lowest BCUT2D eigenvalue weighted by Crippen LogP contribution is -2.25. The van der Waals surface area contributed by atoms with Crippen molar-refractivity contribution in [3.8, 4) is 17.2 Å². The maximum Gasteiger partial charge on any atom is 0.586 e. The smallest absolute Gasteiger partial charge is 0.395 e. The summed E-state index contributed by atoms with van der Waals surface area (Å²) in [6, 6.07) is 6.97. The van der Waals surface area contributed by atoms with Gasteiger partial charge in [-0.2, -0.15) is 18.3 Å². The van der Waals surface area contributed by atoms with Gasteiger partial charge in [0, 0.05) is 18.0 Å². The highest BCUT2D eigenvalue weighted by atomic mass is 19.4. The molecule has 1 aliphatic heterocycles. The summed E-state index contributed by atoms with van der Waals surface area (Å²) < 4.78 is 91.5. The predicted octanol–water partition coefficient (Wildman–Crippen LogP) is 6.04. The number of aromatic nitrogens is 2. The highest BCUT2D eigenvalue weighted by Gasteiger charge is 2.44. The highest BCUT2D eigenvalue weighted by molar-refractivity contribution is 5.97. The van der Waals surface area contributed by atoms with E-state index < -0.39 is 35.8 Å². The molecule has 5 rings (SSSR count). The van der Waals surface area contributed by atoms with E-state index in [0.717, 1.165) is 10.7 Å². The zero-order chi connectivity index (χ0) is 25.1. The zero-order valence-corrected chi connectivity index (χ0v) is 18.0. The van der Waals surface area contributed by atoms with Crippen LogP contribution in [0.3, 0.4) is 0 Å². The summed E-state index contributed by atoms with van der Waals surface area (Å²) in [6.07, 6.45) is -8.10. The van der Waals surface area contributed by atoms with Gasteiger partial charge in [0.2, 0.25) is 0 Å². The van der Waals surface area contributed by atoms with Gasteiger partial charge in [0.25, 0.3) is 0 Å². The summed E-state index contributed by atoms with van der Waals surface area (Å²) in [5.74, 6) is -1.51. The minimum Gasteiger partial charge on any atom is -0.395 e. The predicted molar refractivity (Wildman–Crippen MR) is 110 cm³/mol. The van der Waals surface area contributed by atoms with E-state index in [1.165, 1.54) is 30.3 Å². The first-order valence-corrected chi connectivity index (χ1v) is 10.6. The Hall–Kier alpha value is -3.70. The zero-order valence-electron chi connectivity index (χ0n) is 18.0. The maximum atomic E-state index is 14.6. The molecule has 0 amide bonds. The fourth-order valence-corrected chi connectivity index (χ4v) is 4.24. The number of hydrogen-bond donors (Lipinski definition) is 1. The van der Waals surface area contributed by atoms with Gasteiger partial charge in [0.05, 0.1) is 11.4 Å². The second-order valence-electron chi connectivity index (χ2n) is 8.27. The van der Waals surface area contributed by atoms with Crippen LogP contribution in [0.1, 0.15) is 53.1 Å². The Bertz CT molecular complexity index is 1330. The number of hydrogen-bond acceptors (Lipinski definition) is 5. The molecule has 1 unspecified atom stereocenters. The van der Waals surface area contributed by atoms with Crippen molar-refractivity contribution >= 4 is 11.5 Å². The van der Waals surface area contributed by atoms with Gasteiger partial charge in [0.1, 0.15) is 11.5 Å². The van der Waals surface area contributed by atoms with Crippen LogP contribution in [0.15, 0.2) is 36.4 Å². The van der Waals surface area contributed by atoms with Crippen LogP contribution < -0.4 is 14.8 Å². The van der Waals surface area contributed by atoms with Gasteiger partial charge in [-0.25, -0.2) is 9.07 Å². The summed E-state index contributed by atoms with van der Waals surface area (Å²) in [7, 11) is 0. The Morgan fingerprint density at radius 3 is 2.57 bits per heavy atom. The third-order valence-corrected chi connectivity index (χ3v) is 5.84. The third kappa shape index (κ3) is 4.17. The molecule has 1 N–H and O–H groups in total. The lowest BCUT2D eigenvalue weighted by Gasteiger charge is -2.18. The third-order valence-electron chi connectivity index (χ3n) is 5.84. The highest BCUT2D eigenvalue weighted by Crippen LogP contribution is 2.42.